The molecule has 0 spiro atoms. The molecule has 0 fully saturated rings. The lowest BCUT2D eigenvalue weighted by Crippen LogP contribution is -2.24. The van der Waals surface area contributed by atoms with Gasteiger partial charge in [-0.05, 0) is 54.4 Å². The molecule has 1 amide bonds. The number of amides is 1. The number of fused-ring (bicyclic) bond motifs is 1. The minimum atomic E-state index is -4.11. The van der Waals surface area contributed by atoms with Gasteiger partial charge >= 0.3 is 0 Å². The number of carbonyl (C=O) groups excluding carboxylic acids is 1. The summed E-state index contributed by atoms with van der Waals surface area (Å²) in [5.74, 6) is -0.359. The Hall–Kier alpha value is -3.42. The highest BCUT2D eigenvalue weighted by atomic mass is 35.5. The van der Waals surface area contributed by atoms with E-state index in [0.29, 0.717) is 16.2 Å². The molecule has 0 saturated heterocycles. The van der Waals surface area contributed by atoms with Crippen LogP contribution in [-0.4, -0.2) is 18.9 Å². The van der Waals surface area contributed by atoms with Crippen LogP contribution in [0.1, 0.15) is 12.5 Å². The zero-order chi connectivity index (χ0) is 23.6. The van der Waals surface area contributed by atoms with Crippen molar-refractivity contribution in [2.75, 3.05) is 5.32 Å². The molecule has 1 heterocycles. The first-order valence-electron chi connectivity index (χ1n) is 10.3. The van der Waals surface area contributed by atoms with Crippen molar-refractivity contribution in [2.45, 2.75) is 29.7 Å². The van der Waals surface area contributed by atoms with Crippen molar-refractivity contribution in [2.24, 2.45) is 0 Å². The number of anilines is 1. The molecular weight excluding hydrogens is 460 g/mol. The van der Waals surface area contributed by atoms with Crippen molar-refractivity contribution in [3.05, 3.63) is 99.8 Å². The third-order valence-electron chi connectivity index (χ3n) is 5.31. The fourth-order valence-electron chi connectivity index (χ4n) is 3.57. The zero-order valence-electron chi connectivity index (χ0n) is 17.8. The van der Waals surface area contributed by atoms with E-state index < -0.39 is 20.2 Å². The fraction of sp³-hybridized carbons (Fsp3) is 0.120. The average molecular weight is 481 g/mol. The number of rotatable bonds is 6. The highest BCUT2D eigenvalue weighted by molar-refractivity contribution is 7.91. The molecule has 6 nitrogen and oxygen atoms in total. The number of hydrogen-bond donors (Lipinski definition) is 1. The van der Waals surface area contributed by atoms with Crippen LogP contribution in [0.5, 0.6) is 0 Å². The van der Waals surface area contributed by atoms with E-state index in [1.165, 1.54) is 29.0 Å². The summed E-state index contributed by atoms with van der Waals surface area (Å²) in [6.07, 6.45) is 2.11. The van der Waals surface area contributed by atoms with Crippen LogP contribution in [-0.2, 0) is 27.6 Å². The van der Waals surface area contributed by atoms with E-state index in [1.54, 1.807) is 30.3 Å². The second-order valence-electron chi connectivity index (χ2n) is 7.53. The summed E-state index contributed by atoms with van der Waals surface area (Å²) in [4.78, 5) is 25.5. The number of nitrogens with zero attached hydrogens (tertiary/aromatic N) is 1. The maximum absolute atomic E-state index is 13.2. The lowest BCUT2D eigenvalue weighted by Gasteiger charge is -2.14. The number of aryl methyl sites for hydroxylation is 1. The smallest absolute Gasteiger partial charge is 0.244 e. The van der Waals surface area contributed by atoms with Crippen LogP contribution in [0.4, 0.5) is 5.69 Å². The van der Waals surface area contributed by atoms with Crippen molar-refractivity contribution < 1.29 is 13.2 Å². The van der Waals surface area contributed by atoms with E-state index in [-0.39, 0.29) is 22.7 Å². The Kier molecular flexibility index (Phi) is 6.35. The van der Waals surface area contributed by atoms with Gasteiger partial charge in [0.25, 0.3) is 0 Å². The molecule has 4 rings (SSSR count). The van der Waals surface area contributed by atoms with Crippen LogP contribution in [0.15, 0.2) is 93.6 Å². The molecule has 3 aromatic carbocycles. The molecule has 168 valence electrons. The highest BCUT2D eigenvalue weighted by Crippen LogP contribution is 2.23. The molecule has 1 aromatic heterocycles. The molecule has 1 N–H and O–H groups in total. The van der Waals surface area contributed by atoms with Gasteiger partial charge in [-0.2, -0.15) is 0 Å². The summed E-state index contributed by atoms with van der Waals surface area (Å²) in [6.45, 7) is 1.85. The number of benzene rings is 3. The number of sulfone groups is 1. The molecule has 0 radical (unpaired) electrons. The summed E-state index contributed by atoms with van der Waals surface area (Å²) in [6, 6.07) is 19.8. The molecule has 0 aliphatic heterocycles. The number of pyridine rings is 1. The first-order valence-corrected chi connectivity index (χ1v) is 12.2. The minimum absolute atomic E-state index is 0.00417. The Balaban J connectivity index is 1.78. The van der Waals surface area contributed by atoms with Crippen molar-refractivity contribution in [1.82, 2.24) is 4.57 Å². The summed E-state index contributed by atoms with van der Waals surface area (Å²) >= 11 is 6.09. The molecule has 0 aliphatic rings. The standard InChI is InChI=1S/C25H21ClN2O4S/c1-2-17-8-11-19(12-9-17)27-24(29)16-28-15-23(33(31,32)20-6-4-3-5-7-20)25(30)21-14-18(26)10-13-22(21)28/h3-15H,2,16H2,1H3,(H,27,29). The Morgan fingerprint density at radius 2 is 1.70 bits per heavy atom. The number of hydrogen-bond acceptors (Lipinski definition) is 4. The first-order chi connectivity index (χ1) is 15.8. The number of carbonyl (C=O) groups is 1. The lowest BCUT2D eigenvalue weighted by atomic mass is 10.1. The van der Waals surface area contributed by atoms with Gasteiger partial charge in [0.1, 0.15) is 11.4 Å². The molecule has 0 atom stereocenters. The molecular formula is C25H21ClN2O4S. The average Bonchev–Trinajstić information content (AvgIpc) is 2.81. The topological polar surface area (TPSA) is 85.2 Å². The summed E-state index contributed by atoms with van der Waals surface area (Å²) < 4.78 is 27.9. The maximum Gasteiger partial charge on any atom is 0.244 e. The van der Waals surface area contributed by atoms with E-state index in [9.17, 15) is 18.0 Å². The van der Waals surface area contributed by atoms with Gasteiger partial charge in [-0.3, -0.25) is 9.59 Å². The zero-order valence-corrected chi connectivity index (χ0v) is 19.4. The van der Waals surface area contributed by atoms with Crippen LogP contribution < -0.4 is 10.7 Å². The van der Waals surface area contributed by atoms with Crippen molar-refractivity contribution in [3.63, 3.8) is 0 Å². The second kappa shape index (κ2) is 9.21. The van der Waals surface area contributed by atoms with E-state index >= 15 is 0 Å². The van der Waals surface area contributed by atoms with Crippen molar-refractivity contribution in [1.29, 1.82) is 0 Å². The third-order valence-corrected chi connectivity index (χ3v) is 7.31. The Morgan fingerprint density at radius 3 is 2.36 bits per heavy atom. The number of halogens is 1. The van der Waals surface area contributed by atoms with Gasteiger partial charge in [-0.1, -0.05) is 48.9 Å². The third kappa shape index (κ3) is 4.69. The van der Waals surface area contributed by atoms with E-state index in [4.69, 9.17) is 11.6 Å². The van der Waals surface area contributed by atoms with Gasteiger partial charge in [0, 0.05) is 22.3 Å². The molecule has 0 saturated carbocycles. The van der Waals surface area contributed by atoms with Crippen LogP contribution in [0, 0.1) is 0 Å². The Morgan fingerprint density at radius 1 is 1.00 bits per heavy atom. The largest absolute Gasteiger partial charge is 0.336 e. The van der Waals surface area contributed by atoms with E-state index in [1.807, 2.05) is 31.2 Å². The number of aromatic nitrogens is 1. The van der Waals surface area contributed by atoms with E-state index in [0.717, 1.165) is 12.0 Å². The van der Waals surface area contributed by atoms with Gasteiger partial charge < -0.3 is 9.88 Å². The van der Waals surface area contributed by atoms with Gasteiger partial charge in [0.2, 0.25) is 21.2 Å². The van der Waals surface area contributed by atoms with Gasteiger partial charge in [-0.25, -0.2) is 8.42 Å². The number of nitrogens with one attached hydrogen (secondary N) is 1. The van der Waals surface area contributed by atoms with Gasteiger partial charge in [0.05, 0.1) is 10.4 Å². The Bertz CT molecular complexity index is 1500. The SMILES string of the molecule is CCc1ccc(NC(=O)Cn2cc(S(=O)(=O)c3ccccc3)c(=O)c3cc(Cl)ccc32)cc1. The summed E-state index contributed by atoms with van der Waals surface area (Å²) in [7, 11) is -4.11. The monoisotopic (exact) mass is 480 g/mol. The molecule has 4 aromatic rings. The predicted molar refractivity (Wildman–Crippen MR) is 130 cm³/mol. The predicted octanol–water partition coefficient (Wildman–Crippen LogP) is 4.69. The lowest BCUT2D eigenvalue weighted by molar-refractivity contribution is -0.116. The van der Waals surface area contributed by atoms with Crippen LogP contribution >= 0.6 is 11.6 Å². The maximum atomic E-state index is 13.2. The molecule has 0 bridgehead atoms. The molecule has 0 aliphatic carbocycles. The van der Waals surface area contributed by atoms with Crippen LogP contribution in [0.3, 0.4) is 0 Å². The summed E-state index contributed by atoms with van der Waals surface area (Å²) in [5.41, 5.74) is 1.52. The normalized spacial score (nSPS) is 11.5. The van der Waals surface area contributed by atoms with Crippen LogP contribution in [0.25, 0.3) is 10.9 Å². The van der Waals surface area contributed by atoms with E-state index in [2.05, 4.69) is 5.32 Å². The summed E-state index contributed by atoms with van der Waals surface area (Å²) in [5, 5.41) is 3.23. The Labute approximate surface area is 196 Å². The van der Waals surface area contributed by atoms with Crippen LogP contribution in [0.2, 0.25) is 5.02 Å². The highest BCUT2D eigenvalue weighted by Gasteiger charge is 2.24. The quantitative estimate of drug-likeness (QED) is 0.434. The molecule has 0 unspecified atom stereocenters. The second-order valence-corrected chi connectivity index (χ2v) is 9.88. The fourth-order valence-corrected chi connectivity index (χ4v) is 5.13. The molecule has 8 heteroatoms. The van der Waals surface area contributed by atoms with Crippen molar-refractivity contribution >= 4 is 43.9 Å². The van der Waals surface area contributed by atoms with Gasteiger partial charge in [0.15, 0.2) is 0 Å². The van der Waals surface area contributed by atoms with Gasteiger partial charge in [-0.15, -0.1) is 0 Å². The minimum Gasteiger partial charge on any atom is -0.336 e. The first kappa shape index (κ1) is 22.8. The van der Waals surface area contributed by atoms with Crippen molar-refractivity contribution in [3.8, 4) is 0 Å². The molecule has 33 heavy (non-hydrogen) atoms.